The van der Waals surface area contributed by atoms with Crippen LogP contribution in [-0.4, -0.2) is 36.2 Å². The first-order valence-corrected chi connectivity index (χ1v) is 6.89. The zero-order valence-corrected chi connectivity index (χ0v) is 10.5. The van der Waals surface area contributed by atoms with Crippen LogP contribution in [0.15, 0.2) is 0 Å². The van der Waals surface area contributed by atoms with Crippen LogP contribution in [0.2, 0.25) is 0 Å². The van der Waals surface area contributed by atoms with Gasteiger partial charge in [-0.1, -0.05) is 19.3 Å². The quantitative estimate of drug-likeness (QED) is 0.684. The first kappa shape index (κ1) is 12.8. The molecule has 0 aromatic heterocycles. The Balaban J connectivity index is 1.90. The molecule has 0 spiro atoms. The second-order valence-corrected chi connectivity index (χ2v) is 5.53. The normalized spacial score (nSPS) is 28.6. The number of nitrogens with one attached hydrogen (secondary N) is 2. The third-order valence-electron chi connectivity index (χ3n) is 4.17. The van der Waals surface area contributed by atoms with Crippen molar-refractivity contribution < 1.29 is 9.90 Å². The van der Waals surface area contributed by atoms with Crippen LogP contribution in [0, 0.1) is 5.92 Å². The van der Waals surface area contributed by atoms with Gasteiger partial charge in [-0.15, -0.1) is 0 Å². The van der Waals surface area contributed by atoms with Crippen molar-refractivity contribution in [3.05, 3.63) is 0 Å². The number of carbonyl (C=O) groups excluding carboxylic acids is 1. The Morgan fingerprint density at radius 2 is 2.06 bits per heavy atom. The molecule has 2 rings (SSSR count). The van der Waals surface area contributed by atoms with Gasteiger partial charge in [0.1, 0.15) is 0 Å². The van der Waals surface area contributed by atoms with E-state index in [2.05, 4.69) is 10.6 Å². The molecular weight excluding hydrogens is 216 g/mol. The summed E-state index contributed by atoms with van der Waals surface area (Å²) in [6, 6.07) is 0. The van der Waals surface area contributed by atoms with Gasteiger partial charge in [0.15, 0.2) is 0 Å². The third-order valence-corrected chi connectivity index (χ3v) is 4.17. The fraction of sp³-hybridized carbons (Fsp3) is 0.923. The van der Waals surface area contributed by atoms with E-state index >= 15 is 0 Å². The summed E-state index contributed by atoms with van der Waals surface area (Å²) in [4.78, 5) is 12.2. The highest BCUT2D eigenvalue weighted by Gasteiger charge is 2.34. The average Bonchev–Trinajstić information content (AvgIpc) is 2.41. The van der Waals surface area contributed by atoms with Crippen molar-refractivity contribution in [2.75, 3.05) is 19.7 Å². The van der Waals surface area contributed by atoms with Crippen LogP contribution in [0.5, 0.6) is 0 Å². The monoisotopic (exact) mass is 240 g/mol. The van der Waals surface area contributed by atoms with Gasteiger partial charge in [-0.25, -0.2) is 0 Å². The lowest BCUT2D eigenvalue weighted by atomic mass is 9.81. The first-order valence-electron chi connectivity index (χ1n) is 6.89. The zero-order valence-electron chi connectivity index (χ0n) is 10.5. The summed E-state index contributed by atoms with van der Waals surface area (Å²) in [5.74, 6) is 0.224. The molecule has 0 aromatic carbocycles. The van der Waals surface area contributed by atoms with Crippen molar-refractivity contribution in [2.24, 2.45) is 5.92 Å². The topological polar surface area (TPSA) is 61.4 Å². The van der Waals surface area contributed by atoms with Crippen LogP contribution < -0.4 is 10.6 Å². The van der Waals surface area contributed by atoms with Gasteiger partial charge in [-0.2, -0.15) is 0 Å². The van der Waals surface area contributed by atoms with Crippen LogP contribution >= 0.6 is 0 Å². The molecule has 2 aliphatic rings. The summed E-state index contributed by atoms with van der Waals surface area (Å²) in [5, 5.41) is 15.9. The molecule has 4 heteroatoms. The third kappa shape index (κ3) is 3.19. The molecule has 0 unspecified atom stereocenters. The number of piperidine rings is 1. The number of hydrogen-bond donors (Lipinski definition) is 3. The molecule has 2 fully saturated rings. The summed E-state index contributed by atoms with van der Waals surface area (Å²) < 4.78 is 0. The predicted octanol–water partition coefficient (Wildman–Crippen LogP) is 0.797. The molecule has 98 valence electrons. The van der Waals surface area contributed by atoms with Gasteiger partial charge in [0, 0.05) is 6.54 Å². The number of hydrogen-bond acceptors (Lipinski definition) is 3. The molecule has 0 aromatic rings. The van der Waals surface area contributed by atoms with Crippen molar-refractivity contribution >= 4 is 5.91 Å². The highest BCUT2D eigenvalue weighted by Crippen LogP contribution is 2.28. The molecule has 1 saturated heterocycles. The summed E-state index contributed by atoms with van der Waals surface area (Å²) in [7, 11) is 0. The van der Waals surface area contributed by atoms with E-state index in [1.807, 2.05) is 0 Å². The van der Waals surface area contributed by atoms with E-state index in [-0.39, 0.29) is 24.0 Å². The van der Waals surface area contributed by atoms with Crippen LogP contribution in [0.1, 0.15) is 44.9 Å². The van der Waals surface area contributed by atoms with Crippen molar-refractivity contribution in [3.8, 4) is 0 Å². The summed E-state index contributed by atoms with van der Waals surface area (Å²) in [5.41, 5.74) is -0.327. The number of carbonyl (C=O) groups is 1. The van der Waals surface area contributed by atoms with Crippen LogP contribution in [0.3, 0.4) is 0 Å². The number of aliphatic hydroxyl groups is 1. The highest BCUT2D eigenvalue weighted by molar-refractivity contribution is 5.79. The van der Waals surface area contributed by atoms with Gasteiger partial charge in [0.25, 0.3) is 0 Å². The molecule has 1 amide bonds. The molecule has 0 radical (unpaired) electrons. The van der Waals surface area contributed by atoms with E-state index in [0.717, 1.165) is 51.6 Å². The van der Waals surface area contributed by atoms with E-state index in [1.54, 1.807) is 0 Å². The largest absolute Gasteiger partial charge is 0.394 e. The van der Waals surface area contributed by atoms with E-state index in [0.29, 0.717) is 0 Å². The van der Waals surface area contributed by atoms with Crippen molar-refractivity contribution in [3.63, 3.8) is 0 Å². The molecular formula is C13H24N2O2. The molecule has 3 N–H and O–H groups in total. The first-order chi connectivity index (χ1) is 8.26. The fourth-order valence-electron chi connectivity index (χ4n) is 2.99. The Hall–Kier alpha value is -0.610. The maximum atomic E-state index is 12.2. The maximum Gasteiger partial charge on any atom is 0.224 e. The van der Waals surface area contributed by atoms with Gasteiger partial charge >= 0.3 is 0 Å². The van der Waals surface area contributed by atoms with Crippen molar-refractivity contribution in [1.29, 1.82) is 0 Å². The molecule has 1 heterocycles. The van der Waals surface area contributed by atoms with Crippen molar-refractivity contribution in [1.82, 2.24) is 10.6 Å². The lowest BCUT2D eigenvalue weighted by molar-refractivity contribution is -0.128. The average molecular weight is 240 g/mol. The highest BCUT2D eigenvalue weighted by atomic mass is 16.3. The molecule has 1 saturated carbocycles. The molecule has 4 nitrogen and oxygen atoms in total. The van der Waals surface area contributed by atoms with Gasteiger partial charge in [0.05, 0.1) is 18.1 Å². The van der Waals surface area contributed by atoms with Crippen LogP contribution in [0.4, 0.5) is 0 Å². The van der Waals surface area contributed by atoms with Gasteiger partial charge < -0.3 is 15.7 Å². The summed E-state index contributed by atoms with van der Waals surface area (Å²) >= 11 is 0. The lowest BCUT2D eigenvalue weighted by Crippen LogP contribution is -2.55. The van der Waals surface area contributed by atoms with E-state index in [4.69, 9.17) is 0 Å². The number of rotatable bonds is 3. The van der Waals surface area contributed by atoms with E-state index in [1.165, 1.54) is 6.42 Å². The zero-order chi connectivity index (χ0) is 12.1. The minimum atomic E-state index is -0.327. The Morgan fingerprint density at radius 1 is 1.29 bits per heavy atom. The summed E-state index contributed by atoms with van der Waals surface area (Å²) in [6.45, 7) is 1.89. The number of aliphatic hydroxyl groups excluding tert-OH is 1. The second kappa shape index (κ2) is 5.83. The standard InChI is InChI=1S/C13H24N2O2/c16-10-13(6-2-1-3-7-13)15-12(17)11-5-4-8-14-9-11/h11,14,16H,1-10H2,(H,15,17)/t11-/m1/s1. The van der Waals surface area contributed by atoms with Gasteiger partial charge in [-0.3, -0.25) is 4.79 Å². The van der Waals surface area contributed by atoms with E-state index in [9.17, 15) is 9.90 Å². The van der Waals surface area contributed by atoms with E-state index < -0.39 is 0 Å². The minimum absolute atomic E-state index is 0.0822. The maximum absolute atomic E-state index is 12.2. The second-order valence-electron chi connectivity index (χ2n) is 5.53. The Bertz CT molecular complexity index is 256. The summed E-state index contributed by atoms with van der Waals surface area (Å²) in [6.07, 6.45) is 7.35. The smallest absolute Gasteiger partial charge is 0.224 e. The Kier molecular flexibility index (Phi) is 4.40. The van der Waals surface area contributed by atoms with Gasteiger partial charge in [-0.05, 0) is 32.2 Å². The van der Waals surface area contributed by atoms with Crippen molar-refractivity contribution in [2.45, 2.75) is 50.5 Å². The predicted molar refractivity (Wildman–Crippen MR) is 66.6 cm³/mol. The molecule has 1 aliphatic heterocycles. The van der Waals surface area contributed by atoms with Crippen LogP contribution in [0.25, 0.3) is 0 Å². The molecule has 0 bridgehead atoms. The van der Waals surface area contributed by atoms with Gasteiger partial charge in [0.2, 0.25) is 5.91 Å². The Morgan fingerprint density at radius 3 is 2.65 bits per heavy atom. The molecule has 1 atom stereocenters. The SMILES string of the molecule is O=C(NC1(CO)CCCCC1)[C@@H]1CCCNC1. The van der Waals surface area contributed by atoms with Crippen LogP contribution in [-0.2, 0) is 4.79 Å². The Labute approximate surface area is 103 Å². The number of amides is 1. The molecule has 1 aliphatic carbocycles. The minimum Gasteiger partial charge on any atom is -0.394 e. The fourth-order valence-corrected chi connectivity index (χ4v) is 2.99. The molecule has 17 heavy (non-hydrogen) atoms. The lowest BCUT2D eigenvalue weighted by Gasteiger charge is -2.38.